The summed E-state index contributed by atoms with van der Waals surface area (Å²) in [6.07, 6.45) is 2.95. The van der Waals surface area contributed by atoms with Crippen molar-refractivity contribution in [3.05, 3.63) is 18.0 Å². The second kappa shape index (κ2) is 5.69. The van der Waals surface area contributed by atoms with Gasteiger partial charge in [-0.3, -0.25) is 9.88 Å². The number of methoxy groups -OCH3 is 2. The Morgan fingerprint density at radius 3 is 2.88 bits per heavy atom. The smallest absolute Gasteiger partial charge is 0.183 e. The fraction of sp³-hybridized carbons (Fsp3) is 0.583. The van der Waals surface area contributed by atoms with E-state index in [0.717, 1.165) is 36.8 Å². The molecule has 0 aromatic carbocycles. The zero-order chi connectivity index (χ0) is 12.3. The van der Waals surface area contributed by atoms with Gasteiger partial charge in [0.2, 0.25) is 0 Å². The van der Waals surface area contributed by atoms with Crippen molar-refractivity contribution in [2.75, 3.05) is 27.3 Å². The van der Waals surface area contributed by atoms with E-state index in [1.807, 2.05) is 6.07 Å². The lowest BCUT2D eigenvalue weighted by molar-refractivity contribution is 0.307. The van der Waals surface area contributed by atoms with Crippen molar-refractivity contribution >= 4 is 15.9 Å². The summed E-state index contributed by atoms with van der Waals surface area (Å²) in [6, 6.07) is 1.82. The molecule has 94 valence electrons. The van der Waals surface area contributed by atoms with E-state index in [2.05, 4.69) is 25.8 Å². The highest BCUT2D eigenvalue weighted by atomic mass is 79.9. The van der Waals surface area contributed by atoms with Crippen molar-refractivity contribution < 1.29 is 9.47 Å². The van der Waals surface area contributed by atoms with Crippen molar-refractivity contribution in [2.24, 2.45) is 0 Å². The Kier molecular flexibility index (Phi) is 4.23. The Hall–Kier alpha value is -0.810. The number of likely N-dealkylation sites (tertiary alicyclic amines) is 1. The molecule has 1 fully saturated rings. The average Bonchev–Trinajstić information content (AvgIpc) is 2.74. The van der Waals surface area contributed by atoms with Crippen LogP contribution in [0, 0.1) is 0 Å². The molecule has 0 radical (unpaired) electrons. The molecule has 1 aromatic heterocycles. The van der Waals surface area contributed by atoms with Gasteiger partial charge in [-0.1, -0.05) is 15.9 Å². The summed E-state index contributed by atoms with van der Waals surface area (Å²) in [5, 5.41) is 0. The van der Waals surface area contributed by atoms with Gasteiger partial charge in [-0.15, -0.1) is 0 Å². The van der Waals surface area contributed by atoms with Crippen LogP contribution in [0.2, 0.25) is 0 Å². The van der Waals surface area contributed by atoms with Gasteiger partial charge in [-0.25, -0.2) is 0 Å². The number of hydrogen-bond acceptors (Lipinski definition) is 4. The van der Waals surface area contributed by atoms with E-state index >= 15 is 0 Å². The lowest BCUT2D eigenvalue weighted by atomic mass is 10.3. The van der Waals surface area contributed by atoms with Gasteiger partial charge in [0.05, 0.1) is 14.2 Å². The third-order valence-electron chi connectivity index (χ3n) is 2.95. The molecule has 0 bridgehead atoms. The minimum atomic E-state index is 0.596. The van der Waals surface area contributed by atoms with E-state index in [9.17, 15) is 0 Å². The molecule has 0 spiro atoms. The van der Waals surface area contributed by atoms with E-state index in [0.29, 0.717) is 4.83 Å². The molecule has 17 heavy (non-hydrogen) atoms. The lowest BCUT2D eigenvalue weighted by Gasteiger charge is -2.17. The molecule has 1 saturated heterocycles. The SMILES string of the molecule is COc1ccnc(CN2CCC(Br)C2)c1OC. The molecule has 1 aliphatic rings. The van der Waals surface area contributed by atoms with Crippen LogP contribution in [-0.2, 0) is 6.54 Å². The summed E-state index contributed by atoms with van der Waals surface area (Å²) in [6.45, 7) is 2.96. The quantitative estimate of drug-likeness (QED) is 0.798. The summed E-state index contributed by atoms with van der Waals surface area (Å²) in [5.41, 5.74) is 0.938. The van der Waals surface area contributed by atoms with E-state index in [4.69, 9.17) is 9.47 Å². The topological polar surface area (TPSA) is 34.6 Å². The van der Waals surface area contributed by atoms with Gasteiger partial charge in [0, 0.05) is 30.2 Å². The summed E-state index contributed by atoms with van der Waals surface area (Å²) in [5.74, 6) is 1.49. The Bertz CT molecular complexity index is 387. The van der Waals surface area contributed by atoms with Crippen LogP contribution in [0.4, 0.5) is 0 Å². The maximum atomic E-state index is 5.38. The van der Waals surface area contributed by atoms with Crippen molar-refractivity contribution in [3.63, 3.8) is 0 Å². The third-order valence-corrected chi connectivity index (χ3v) is 3.70. The standard InChI is InChI=1S/C12H17BrN2O2/c1-16-11-3-5-14-10(12(11)17-2)8-15-6-4-9(13)7-15/h3,5,9H,4,6-8H2,1-2H3. The van der Waals surface area contributed by atoms with Crippen molar-refractivity contribution in [1.82, 2.24) is 9.88 Å². The van der Waals surface area contributed by atoms with Crippen LogP contribution in [0.3, 0.4) is 0 Å². The number of rotatable bonds is 4. The molecule has 2 rings (SSSR count). The average molecular weight is 301 g/mol. The highest BCUT2D eigenvalue weighted by molar-refractivity contribution is 9.09. The van der Waals surface area contributed by atoms with Gasteiger partial charge in [-0.05, 0) is 13.0 Å². The molecule has 0 aliphatic carbocycles. The second-order valence-corrected chi connectivity index (χ2v) is 5.41. The number of aromatic nitrogens is 1. The monoisotopic (exact) mass is 300 g/mol. The first-order valence-corrected chi connectivity index (χ1v) is 6.58. The van der Waals surface area contributed by atoms with Gasteiger partial charge in [0.1, 0.15) is 5.69 Å². The summed E-state index contributed by atoms with van der Waals surface area (Å²) in [4.78, 5) is 7.35. The summed E-state index contributed by atoms with van der Waals surface area (Å²) < 4.78 is 10.6. The third kappa shape index (κ3) is 2.90. The predicted molar refractivity (Wildman–Crippen MR) is 70.0 cm³/mol. The highest BCUT2D eigenvalue weighted by Crippen LogP contribution is 2.30. The molecule has 0 saturated carbocycles. The van der Waals surface area contributed by atoms with Crippen molar-refractivity contribution in [2.45, 2.75) is 17.8 Å². The minimum absolute atomic E-state index is 0.596. The maximum absolute atomic E-state index is 5.38. The first-order valence-electron chi connectivity index (χ1n) is 5.67. The summed E-state index contributed by atoms with van der Waals surface area (Å²) >= 11 is 3.64. The van der Waals surface area contributed by atoms with Crippen LogP contribution >= 0.6 is 15.9 Å². The van der Waals surface area contributed by atoms with Crippen LogP contribution in [-0.4, -0.2) is 42.0 Å². The highest BCUT2D eigenvalue weighted by Gasteiger charge is 2.22. The largest absolute Gasteiger partial charge is 0.493 e. The van der Waals surface area contributed by atoms with Gasteiger partial charge >= 0.3 is 0 Å². The van der Waals surface area contributed by atoms with E-state index < -0.39 is 0 Å². The lowest BCUT2D eigenvalue weighted by Crippen LogP contribution is -2.21. The first kappa shape index (κ1) is 12.6. The first-order chi connectivity index (χ1) is 8.24. The molecular weight excluding hydrogens is 284 g/mol. The molecule has 1 atom stereocenters. The molecule has 1 aliphatic heterocycles. The molecule has 1 aromatic rings. The van der Waals surface area contributed by atoms with Gasteiger partial charge in [-0.2, -0.15) is 0 Å². The zero-order valence-electron chi connectivity index (χ0n) is 10.1. The Morgan fingerprint density at radius 2 is 2.29 bits per heavy atom. The predicted octanol–water partition coefficient (Wildman–Crippen LogP) is 2.07. The summed E-state index contributed by atoms with van der Waals surface area (Å²) in [7, 11) is 3.30. The molecule has 0 N–H and O–H groups in total. The molecule has 4 nitrogen and oxygen atoms in total. The number of ether oxygens (including phenoxy) is 2. The van der Waals surface area contributed by atoms with Gasteiger partial charge < -0.3 is 9.47 Å². The number of hydrogen-bond donors (Lipinski definition) is 0. The second-order valence-electron chi connectivity index (χ2n) is 4.11. The molecule has 0 amide bonds. The fourth-order valence-corrected chi connectivity index (χ4v) is 2.72. The van der Waals surface area contributed by atoms with Crippen LogP contribution in [0.25, 0.3) is 0 Å². The molecule has 2 heterocycles. The van der Waals surface area contributed by atoms with Crippen molar-refractivity contribution in [1.29, 1.82) is 0 Å². The number of halogens is 1. The number of pyridine rings is 1. The van der Waals surface area contributed by atoms with Crippen molar-refractivity contribution in [3.8, 4) is 11.5 Å². The molecule has 5 heteroatoms. The van der Waals surface area contributed by atoms with E-state index in [-0.39, 0.29) is 0 Å². The van der Waals surface area contributed by atoms with Gasteiger partial charge in [0.25, 0.3) is 0 Å². The van der Waals surface area contributed by atoms with E-state index in [1.54, 1.807) is 20.4 Å². The zero-order valence-corrected chi connectivity index (χ0v) is 11.7. The fourth-order valence-electron chi connectivity index (χ4n) is 2.10. The van der Waals surface area contributed by atoms with Gasteiger partial charge in [0.15, 0.2) is 11.5 Å². The van der Waals surface area contributed by atoms with Crippen LogP contribution in [0.1, 0.15) is 12.1 Å². The van der Waals surface area contributed by atoms with Crippen LogP contribution in [0.5, 0.6) is 11.5 Å². The van der Waals surface area contributed by atoms with Crippen LogP contribution < -0.4 is 9.47 Å². The Labute approximate surface area is 110 Å². The normalized spacial score (nSPS) is 20.5. The van der Waals surface area contributed by atoms with Crippen LogP contribution in [0.15, 0.2) is 12.3 Å². The van der Waals surface area contributed by atoms with E-state index in [1.165, 1.54) is 6.42 Å². The maximum Gasteiger partial charge on any atom is 0.183 e. The number of alkyl halides is 1. The molecule has 1 unspecified atom stereocenters. The number of nitrogens with zero attached hydrogens (tertiary/aromatic N) is 2. The minimum Gasteiger partial charge on any atom is -0.493 e. The Morgan fingerprint density at radius 1 is 1.47 bits per heavy atom. The molecular formula is C12H17BrN2O2. The Balaban J connectivity index is 2.14.